The van der Waals surface area contributed by atoms with Crippen LogP contribution in [0.4, 0.5) is 0 Å². The summed E-state index contributed by atoms with van der Waals surface area (Å²) in [5.74, 6) is 1.76. The third-order valence-corrected chi connectivity index (χ3v) is 5.12. The molecular weight excluding hydrogens is 461 g/mol. The van der Waals surface area contributed by atoms with Crippen LogP contribution in [-0.4, -0.2) is 32.6 Å². The van der Waals surface area contributed by atoms with Crippen LogP contribution in [-0.2, 0) is 29.0 Å². The van der Waals surface area contributed by atoms with Crippen molar-refractivity contribution in [3.8, 4) is 11.5 Å². The zero-order valence-electron chi connectivity index (χ0n) is 19.4. The zero-order valence-corrected chi connectivity index (χ0v) is 20.9. The van der Waals surface area contributed by atoms with Gasteiger partial charge in [0.15, 0.2) is 0 Å². The molecule has 33 heavy (non-hydrogen) atoms. The Bertz CT molecular complexity index is 843. The Morgan fingerprint density at radius 3 is 2.27 bits per heavy atom. The maximum absolute atomic E-state index is 6.14. The summed E-state index contributed by atoms with van der Waals surface area (Å²) < 4.78 is 17.7. The minimum atomic E-state index is 0.203. The molecule has 2 aromatic rings. The number of rotatable bonds is 16. The first kappa shape index (κ1) is 27.0. The molecule has 2 rings (SSSR count). The number of hydrogen-bond donors (Lipinski definition) is 0. The average molecular weight is 494 g/mol. The van der Waals surface area contributed by atoms with Gasteiger partial charge in [0.1, 0.15) is 29.2 Å². The van der Waals surface area contributed by atoms with Crippen molar-refractivity contribution in [2.45, 2.75) is 46.1 Å². The van der Waals surface area contributed by atoms with Crippen molar-refractivity contribution in [1.82, 2.24) is 0 Å². The number of halogens is 2. The molecule has 0 saturated carbocycles. The quantitative estimate of drug-likeness (QED) is 0.145. The van der Waals surface area contributed by atoms with Gasteiger partial charge in [-0.1, -0.05) is 72.5 Å². The van der Waals surface area contributed by atoms with Crippen LogP contribution in [0.1, 0.15) is 43.4 Å². The van der Waals surface area contributed by atoms with Crippen molar-refractivity contribution in [3.63, 3.8) is 0 Å². The molecule has 0 aliphatic carbocycles. The van der Waals surface area contributed by atoms with E-state index in [9.17, 15) is 0 Å². The van der Waals surface area contributed by atoms with Gasteiger partial charge in [0, 0.05) is 6.61 Å². The number of ether oxygens (including phenoxy) is 3. The largest absolute Gasteiger partial charge is 0.493 e. The lowest BCUT2D eigenvalue weighted by molar-refractivity contribution is 0.124. The molecule has 0 radical (unpaired) electrons. The Kier molecular flexibility index (Phi) is 13.4. The lowest BCUT2D eigenvalue weighted by Crippen LogP contribution is -2.06. The second-order valence-corrected chi connectivity index (χ2v) is 8.27. The van der Waals surface area contributed by atoms with Gasteiger partial charge in [0.05, 0.1) is 19.4 Å². The molecule has 7 heteroatoms. The van der Waals surface area contributed by atoms with Crippen molar-refractivity contribution in [2.24, 2.45) is 5.16 Å². The fourth-order valence-electron chi connectivity index (χ4n) is 3.10. The topological polar surface area (TPSA) is 49.3 Å². The van der Waals surface area contributed by atoms with Gasteiger partial charge in [0.2, 0.25) is 0 Å². The average Bonchev–Trinajstić information content (AvgIpc) is 2.83. The normalized spacial score (nSPS) is 10.9. The monoisotopic (exact) mass is 493 g/mol. The van der Waals surface area contributed by atoms with Crippen LogP contribution in [0.5, 0.6) is 11.5 Å². The zero-order chi connectivity index (χ0) is 23.7. The van der Waals surface area contributed by atoms with Crippen molar-refractivity contribution in [1.29, 1.82) is 0 Å². The fourth-order valence-corrected chi connectivity index (χ4v) is 3.23. The summed E-state index contributed by atoms with van der Waals surface area (Å²) in [6, 6.07) is 14.0. The molecule has 0 atom stereocenters. The standard InChI is InChI=1S/C26H33Cl2NO4/c1-3-22-18-24(31-16-12-25(27)28)19-23(4-2)26(22)32-15-9-8-14-30-17-13-29-33-20-21-10-6-5-7-11-21/h5-7,10-13,18-19H,3-4,8-9,14-17,20H2,1-2H3. The molecule has 0 saturated heterocycles. The number of benzene rings is 2. The molecule has 0 aliphatic rings. The molecule has 5 nitrogen and oxygen atoms in total. The highest BCUT2D eigenvalue weighted by Crippen LogP contribution is 2.31. The van der Waals surface area contributed by atoms with Crippen molar-refractivity contribution in [3.05, 3.63) is 69.7 Å². The molecule has 0 fully saturated rings. The lowest BCUT2D eigenvalue weighted by atomic mass is 10.0. The van der Waals surface area contributed by atoms with E-state index < -0.39 is 0 Å². The number of hydrogen-bond acceptors (Lipinski definition) is 5. The van der Waals surface area contributed by atoms with Crippen LogP contribution < -0.4 is 9.47 Å². The molecule has 0 heterocycles. The Balaban J connectivity index is 1.65. The van der Waals surface area contributed by atoms with Crippen molar-refractivity contribution >= 4 is 29.4 Å². The van der Waals surface area contributed by atoms with Gasteiger partial charge in [-0.05, 0) is 60.6 Å². The van der Waals surface area contributed by atoms with Gasteiger partial charge < -0.3 is 19.0 Å². The minimum absolute atomic E-state index is 0.203. The minimum Gasteiger partial charge on any atom is -0.493 e. The fraction of sp³-hybridized carbons (Fsp3) is 0.423. The highest BCUT2D eigenvalue weighted by atomic mass is 35.5. The molecule has 0 amide bonds. The third kappa shape index (κ3) is 11.0. The molecule has 0 aromatic heterocycles. The van der Waals surface area contributed by atoms with Gasteiger partial charge in [-0.15, -0.1) is 0 Å². The van der Waals surface area contributed by atoms with E-state index >= 15 is 0 Å². The van der Waals surface area contributed by atoms with E-state index in [1.165, 1.54) is 0 Å². The Morgan fingerprint density at radius 2 is 1.61 bits per heavy atom. The maximum Gasteiger partial charge on any atom is 0.142 e. The first-order valence-corrected chi connectivity index (χ1v) is 12.1. The molecule has 0 spiro atoms. The second kappa shape index (κ2) is 16.4. The molecule has 2 aromatic carbocycles. The Hall–Kier alpha value is -2.21. The summed E-state index contributed by atoms with van der Waals surface area (Å²) in [6.45, 7) is 6.74. The summed E-state index contributed by atoms with van der Waals surface area (Å²) >= 11 is 11.3. The summed E-state index contributed by atoms with van der Waals surface area (Å²) in [6.07, 6.45) is 6.80. The van der Waals surface area contributed by atoms with E-state index in [0.717, 1.165) is 53.9 Å². The molecule has 0 bridgehead atoms. The number of aryl methyl sites for hydroxylation is 2. The predicted molar refractivity (Wildman–Crippen MR) is 136 cm³/mol. The SMILES string of the molecule is CCc1cc(OCC=C(Cl)Cl)cc(CC)c1OCCCCOCC=NOCc1ccccc1. The van der Waals surface area contributed by atoms with Gasteiger partial charge in [-0.2, -0.15) is 0 Å². The van der Waals surface area contributed by atoms with Crippen LogP contribution in [0.15, 0.2) is 58.2 Å². The second-order valence-electron chi connectivity index (χ2n) is 7.26. The Labute approximate surface area is 207 Å². The maximum atomic E-state index is 6.14. The Morgan fingerprint density at radius 1 is 0.909 bits per heavy atom. The van der Waals surface area contributed by atoms with Crippen LogP contribution in [0.25, 0.3) is 0 Å². The van der Waals surface area contributed by atoms with Crippen LogP contribution in [0.2, 0.25) is 0 Å². The van der Waals surface area contributed by atoms with Crippen LogP contribution in [0.3, 0.4) is 0 Å². The smallest absolute Gasteiger partial charge is 0.142 e. The van der Waals surface area contributed by atoms with E-state index in [2.05, 4.69) is 19.0 Å². The predicted octanol–water partition coefficient (Wildman–Crippen LogP) is 6.89. The van der Waals surface area contributed by atoms with Crippen LogP contribution >= 0.6 is 23.2 Å². The van der Waals surface area contributed by atoms with Crippen molar-refractivity contribution in [2.75, 3.05) is 26.4 Å². The van der Waals surface area contributed by atoms with Gasteiger partial charge in [-0.25, -0.2) is 0 Å². The van der Waals surface area contributed by atoms with Gasteiger partial charge in [0.25, 0.3) is 0 Å². The van der Waals surface area contributed by atoms with E-state index in [4.69, 9.17) is 42.3 Å². The molecular formula is C26H33Cl2NO4. The van der Waals surface area contributed by atoms with Gasteiger partial charge in [-0.3, -0.25) is 0 Å². The molecule has 0 N–H and O–H groups in total. The summed E-state index contributed by atoms with van der Waals surface area (Å²) in [5, 5.41) is 3.91. The van der Waals surface area contributed by atoms with E-state index in [1.54, 1.807) is 12.3 Å². The van der Waals surface area contributed by atoms with Gasteiger partial charge >= 0.3 is 0 Å². The van der Waals surface area contributed by atoms with E-state index in [-0.39, 0.29) is 4.49 Å². The van der Waals surface area contributed by atoms with E-state index in [0.29, 0.717) is 33.0 Å². The molecule has 0 unspecified atom stereocenters. The molecule has 180 valence electrons. The summed E-state index contributed by atoms with van der Waals surface area (Å²) in [5.41, 5.74) is 3.35. The summed E-state index contributed by atoms with van der Waals surface area (Å²) in [4.78, 5) is 5.24. The first-order valence-electron chi connectivity index (χ1n) is 11.3. The number of unbranched alkanes of at least 4 members (excludes halogenated alkanes) is 1. The third-order valence-electron chi connectivity index (χ3n) is 4.81. The summed E-state index contributed by atoms with van der Waals surface area (Å²) in [7, 11) is 0. The highest BCUT2D eigenvalue weighted by molar-refractivity contribution is 6.55. The highest BCUT2D eigenvalue weighted by Gasteiger charge is 2.11. The number of nitrogens with zero attached hydrogens (tertiary/aromatic N) is 1. The molecule has 0 aliphatic heterocycles. The first-order chi connectivity index (χ1) is 16.1. The number of oxime groups is 1. The van der Waals surface area contributed by atoms with Crippen LogP contribution in [0, 0.1) is 0 Å². The lowest BCUT2D eigenvalue weighted by Gasteiger charge is -2.17. The van der Waals surface area contributed by atoms with Crippen molar-refractivity contribution < 1.29 is 19.0 Å². The van der Waals surface area contributed by atoms with E-state index in [1.807, 2.05) is 42.5 Å².